The van der Waals surface area contributed by atoms with E-state index >= 15 is 0 Å². The maximum Gasteiger partial charge on any atom is 0.0733 e. The molecule has 0 N–H and O–H groups in total. The lowest BCUT2D eigenvalue weighted by Crippen LogP contribution is -2.19. The predicted molar refractivity (Wildman–Crippen MR) is 90.4 cm³/mol. The minimum absolute atomic E-state index is 0.125. The van der Waals surface area contributed by atoms with Crippen molar-refractivity contribution in [2.75, 3.05) is 0 Å². The molecular formula is C20H22O. The average molecular weight is 278 g/mol. The fraction of sp³-hybridized carbons (Fsp3) is 0.300. The molecule has 2 aromatic carbocycles. The molecule has 0 radical (unpaired) electrons. The van der Waals surface area contributed by atoms with E-state index in [-0.39, 0.29) is 5.60 Å². The van der Waals surface area contributed by atoms with Crippen molar-refractivity contribution >= 4 is 16.8 Å². The molecule has 0 saturated heterocycles. The molecule has 0 atom stereocenters. The second kappa shape index (κ2) is 5.50. The zero-order valence-electron chi connectivity index (χ0n) is 13.0. The van der Waals surface area contributed by atoms with Crippen molar-refractivity contribution in [2.24, 2.45) is 0 Å². The summed E-state index contributed by atoms with van der Waals surface area (Å²) in [5.74, 6) is 0. The summed E-state index contributed by atoms with van der Waals surface area (Å²) in [5.41, 5.74) is 3.91. The van der Waals surface area contributed by atoms with Crippen molar-refractivity contribution in [3.05, 3.63) is 65.3 Å². The highest BCUT2D eigenvalue weighted by molar-refractivity contribution is 5.90. The summed E-state index contributed by atoms with van der Waals surface area (Å²) in [6, 6.07) is 10.9. The molecule has 1 aliphatic rings. The maximum atomic E-state index is 6.08. The zero-order chi connectivity index (χ0) is 14.9. The van der Waals surface area contributed by atoms with Crippen LogP contribution in [0.15, 0.2) is 48.6 Å². The normalized spacial score (nSPS) is 14.2. The van der Waals surface area contributed by atoms with Crippen molar-refractivity contribution < 1.29 is 4.74 Å². The molecule has 1 aliphatic carbocycles. The van der Waals surface area contributed by atoms with E-state index in [0.29, 0.717) is 6.61 Å². The molecule has 1 nitrogen and oxygen atoms in total. The summed E-state index contributed by atoms with van der Waals surface area (Å²) in [4.78, 5) is 0. The number of ether oxygens (including phenoxy) is 1. The molecule has 0 aliphatic heterocycles. The number of allylic oxidation sites excluding steroid dienone is 3. The van der Waals surface area contributed by atoms with Crippen LogP contribution in [0.2, 0.25) is 0 Å². The lowest BCUT2D eigenvalue weighted by Gasteiger charge is -2.22. The van der Waals surface area contributed by atoms with Gasteiger partial charge in [0.25, 0.3) is 0 Å². The van der Waals surface area contributed by atoms with Gasteiger partial charge in [-0.2, -0.15) is 0 Å². The zero-order valence-corrected chi connectivity index (χ0v) is 13.0. The van der Waals surface area contributed by atoms with E-state index in [1.165, 1.54) is 27.5 Å². The lowest BCUT2D eigenvalue weighted by molar-refractivity contribution is -0.0146. The van der Waals surface area contributed by atoms with Gasteiger partial charge >= 0.3 is 0 Å². The summed E-state index contributed by atoms with van der Waals surface area (Å²) < 4.78 is 6.08. The molecule has 0 spiro atoms. The first kappa shape index (κ1) is 14.1. The third kappa shape index (κ3) is 3.08. The second-order valence-corrected chi connectivity index (χ2v) is 6.54. The van der Waals surface area contributed by atoms with E-state index in [9.17, 15) is 0 Å². The largest absolute Gasteiger partial charge is 0.371 e. The van der Waals surface area contributed by atoms with Crippen LogP contribution in [-0.4, -0.2) is 5.60 Å². The molecule has 2 aromatic rings. The van der Waals surface area contributed by atoms with Gasteiger partial charge in [0.2, 0.25) is 0 Å². The van der Waals surface area contributed by atoms with E-state index in [4.69, 9.17) is 4.74 Å². The monoisotopic (exact) mass is 278 g/mol. The van der Waals surface area contributed by atoms with E-state index in [2.05, 4.69) is 75.4 Å². The van der Waals surface area contributed by atoms with Gasteiger partial charge < -0.3 is 4.74 Å². The standard InChI is InChI=1S/C20H22O/c1-20(2,3)21-14-19-17-11-6-4-5-9-15(17)13-16-10-7-8-12-18(16)19/h4-10,12-13H,11,14H2,1-3H3. The Morgan fingerprint density at radius 1 is 1.10 bits per heavy atom. The van der Waals surface area contributed by atoms with Gasteiger partial charge in [-0.25, -0.2) is 0 Å². The second-order valence-electron chi connectivity index (χ2n) is 6.54. The smallest absolute Gasteiger partial charge is 0.0733 e. The van der Waals surface area contributed by atoms with Crippen molar-refractivity contribution in [3.63, 3.8) is 0 Å². The fourth-order valence-electron chi connectivity index (χ4n) is 2.76. The summed E-state index contributed by atoms with van der Waals surface area (Å²) in [7, 11) is 0. The first-order chi connectivity index (χ1) is 10.0. The molecule has 108 valence electrons. The van der Waals surface area contributed by atoms with E-state index in [0.717, 1.165) is 6.42 Å². The van der Waals surface area contributed by atoms with E-state index < -0.39 is 0 Å². The highest BCUT2D eigenvalue weighted by Gasteiger charge is 2.16. The highest BCUT2D eigenvalue weighted by Crippen LogP contribution is 2.30. The molecule has 3 rings (SSSR count). The minimum Gasteiger partial charge on any atom is -0.371 e. The first-order valence-electron chi connectivity index (χ1n) is 7.55. The molecule has 0 bridgehead atoms. The van der Waals surface area contributed by atoms with Gasteiger partial charge in [0.15, 0.2) is 0 Å². The lowest BCUT2D eigenvalue weighted by atomic mass is 9.92. The number of benzene rings is 2. The third-order valence-corrected chi connectivity index (χ3v) is 3.80. The van der Waals surface area contributed by atoms with Crippen molar-refractivity contribution in [3.8, 4) is 0 Å². The number of rotatable bonds is 2. The molecular weight excluding hydrogens is 256 g/mol. The summed E-state index contributed by atoms with van der Waals surface area (Å²) in [6.07, 6.45) is 9.63. The predicted octanol–water partition coefficient (Wildman–Crippen LogP) is 5.28. The molecule has 0 fully saturated rings. The quantitative estimate of drug-likeness (QED) is 0.726. The number of hydrogen-bond acceptors (Lipinski definition) is 1. The Morgan fingerprint density at radius 3 is 2.71 bits per heavy atom. The number of fused-ring (bicyclic) bond motifs is 2. The molecule has 0 aromatic heterocycles. The van der Waals surface area contributed by atoms with Crippen LogP contribution in [-0.2, 0) is 17.8 Å². The van der Waals surface area contributed by atoms with Crippen LogP contribution in [0.5, 0.6) is 0 Å². The van der Waals surface area contributed by atoms with Crippen molar-refractivity contribution in [1.82, 2.24) is 0 Å². The SMILES string of the molecule is CC(C)(C)OCc1c2c(cc3ccccc13)C=CC=CC2. The molecule has 1 heteroatoms. The Kier molecular flexibility index (Phi) is 3.69. The molecule has 0 amide bonds. The van der Waals surface area contributed by atoms with Crippen LogP contribution in [0, 0.1) is 0 Å². The Hall–Kier alpha value is -1.86. The van der Waals surface area contributed by atoms with Gasteiger partial charge in [-0.15, -0.1) is 0 Å². The van der Waals surface area contributed by atoms with Crippen LogP contribution in [0.4, 0.5) is 0 Å². The Bertz CT molecular complexity index is 714. The fourth-order valence-corrected chi connectivity index (χ4v) is 2.76. The maximum absolute atomic E-state index is 6.08. The average Bonchev–Trinajstić information content (AvgIpc) is 2.67. The van der Waals surface area contributed by atoms with Crippen molar-refractivity contribution in [2.45, 2.75) is 39.4 Å². The summed E-state index contributed by atoms with van der Waals surface area (Å²) in [5, 5.41) is 2.60. The van der Waals surface area contributed by atoms with E-state index in [1.807, 2.05) is 0 Å². The topological polar surface area (TPSA) is 9.23 Å². The molecule has 0 unspecified atom stereocenters. The van der Waals surface area contributed by atoms with Gasteiger partial charge in [-0.1, -0.05) is 48.6 Å². The summed E-state index contributed by atoms with van der Waals surface area (Å²) >= 11 is 0. The Balaban J connectivity index is 2.16. The number of hydrogen-bond donors (Lipinski definition) is 0. The molecule has 21 heavy (non-hydrogen) atoms. The third-order valence-electron chi connectivity index (χ3n) is 3.80. The van der Waals surface area contributed by atoms with Gasteiger partial charge in [0, 0.05) is 0 Å². The van der Waals surface area contributed by atoms with Crippen LogP contribution in [0.3, 0.4) is 0 Å². The highest BCUT2D eigenvalue weighted by atomic mass is 16.5. The van der Waals surface area contributed by atoms with Gasteiger partial charge in [0.05, 0.1) is 12.2 Å². The molecule has 0 heterocycles. The first-order valence-corrected chi connectivity index (χ1v) is 7.55. The van der Waals surface area contributed by atoms with Crippen LogP contribution < -0.4 is 0 Å². The van der Waals surface area contributed by atoms with Gasteiger partial charge in [-0.05, 0) is 60.7 Å². The summed E-state index contributed by atoms with van der Waals surface area (Å²) in [6.45, 7) is 6.98. The van der Waals surface area contributed by atoms with Crippen LogP contribution >= 0.6 is 0 Å². The van der Waals surface area contributed by atoms with Gasteiger partial charge in [0.1, 0.15) is 0 Å². The van der Waals surface area contributed by atoms with Crippen LogP contribution in [0.1, 0.15) is 37.5 Å². The van der Waals surface area contributed by atoms with E-state index in [1.54, 1.807) is 0 Å². The van der Waals surface area contributed by atoms with Crippen LogP contribution in [0.25, 0.3) is 16.8 Å². The minimum atomic E-state index is -0.125. The Morgan fingerprint density at radius 2 is 1.90 bits per heavy atom. The van der Waals surface area contributed by atoms with Crippen molar-refractivity contribution in [1.29, 1.82) is 0 Å². The Labute approximate surface area is 126 Å². The molecule has 0 saturated carbocycles. The van der Waals surface area contributed by atoms with Gasteiger partial charge in [-0.3, -0.25) is 0 Å².